The molecule has 0 radical (unpaired) electrons. The third-order valence-electron chi connectivity index (χ3n) is 5.72. The highest BCUT2D eigenvalue weighted by Gasteiger charge is 2.18. The molecule has 0 amide bonds. The van der Waals surface area contributed by atoms with Crippen LogP contribution in [0.1, 0.15) is 29.8 Å². The highest BCUT2D eigenvalue weighted by molar-refractivity contribution is 5.76. The maximum absolute atomic E-state index is 11.6. The number of nitroso groups, excluding NO2 is 1. The molecule has 0 aliphatic rings. The topological polar surface area (TPSA) is 103 Å². The minimum Gasteiger partial charge on any atom is -0.492 e. The van der Waals surface area contributed by atoms with Crippen molar-refractivity contribution in [1.82, 2.24) is 9.55 Å². The lowest BCUT2D eigenvalue weighted by Gasteiger charge is -2.13. The lowest BCUT2D eigenvalue weighted by atomic mass is 10.0. The number of rotatable bonds is 12. The molecule has 4 aromatic rings. The van der Waals surface area contributed by atoms with Crippen LogP contribution in [0.3, 0.4) is 0 Å². The second-order valence-electron chi connectivity index (χ2n) is 8.06. The first kappa shape index (κ1) is 24.1. The van der Waals surface area contributed by atoms with Gasteiger partial charge >= 0.3 is 5.97 Å². The quantitative estimate of drug-likeness (QED) is 0.290. The Labute approximate surface area is 203 Å². The van der Waals surface area contributed by atoms with Crippen molar-refractivity contribution in [3.8, 4) is 5.75 Å². The van der Waals surface area contributed by atoms with Crippen LogP contribution in [0.5, 0.6) is 5.75 Å². The molecule has 2 atom stereocenters. The van der Waals surface area contributed by atoms with Gasteiger partial charge in [0.15, 0.2) is 12.1 Å². The molecular weight excluding hydrogens is 446 g/mol. The van der Waals surface area contributed by atoms with Crippen molar-refractivity contribution in [1.29, 1.82) is 0 Å². The number of ether oxygens (including phenoxy) is 2. The smallest absolute Gasteiger partial charge is 0.333 e. The second kappa shape index (κ2) is 11.4. The van der Waals surface area contributed by atoms with Gasteiger partial charge in [-0.15, -0.1) is 4.91 Å². The summed E-state index contributed by atoms with van der Waals surface area (Å²) >= 11 is 0. The summed E-state index contributed by atoms with van der Waals surface area (Å²) in [4.78, 5) is 27.6. The van der Waals surface area contributed by atoms with Crippen molar-refractivity contribution in [2.24, 2.45) is 5.18 Å². The average molecular weight is 474 g/mol. The lowest BCUT2D eigenvalue weighted by Crippen LogP contribution is -2.26. The van der Waals surface area contributed by atoms with Crippen LogP contribution in [-0.4, -0.2) is 39.9 Å². The van der Waals surface area contributed by atoms with E-state index in [1.165, 1.54) is 0 Å². The number of hydrogen-bond donors (Lipinski definition) is 1. The molecule has 0 saturated carbocycles. The van der Waals surface area contributed by atoms with Gasteiger partial charge in [0.2, 0.25) is 0 Å². The number of hydrogen-bond acceptors (Lipinski definition) is 6. The number of carboxylic acids is 1. The van der Waals surface area contributed by atoms with Crippen molar-refractivity contribution >= 4 is 17.0 Å². The van der Waals surface area contributed by atoms with Crippen molar-refractivity contribution in [2.75, 3.05) is 13.2 Å². The van der Waals surface area contributed by atoms with E-state index in [2.05, 4.69) is 5.18 Å². The molecular formula is C27H27N3O5. The van der Waals surface area contributed by atoms with Crippen LogP contribution >= 0.6 is 0 Å². The van der Waals surface area contributed by atoms with E-state index in [4.69, 9.17) is 14.5 Å². The van der Waals surface area contributed by atoms with Crippen LogP contribution in [0, 0.1) is 4.91 Å². The fraction of sp³-hybridized carbons (Fsp3) is 0.259. The standard InChI is InChI=1S/C27H27N3O5/c1-2-34-24(27(31)32)18-19-8-11-22(12-9-19)35-17-16-30-15-14-21-10-13-23(28-26(21)30)25(29-33)20-6-4-3-5-7-20/h3-15,24-25H,2,16-18H2,1H3,(H,31,32). The highest BCUT2D eigenvalue weighted by Crippen LogP contribution is 2.26. The summed E-state index contributed by atoms with van der Waals surface area (Å²) in [6, 6.07) is 21.8. The fourth-order valence-electron chi connectivity index (χ4n) is 3.94. The number of benzene rings is 2. The molecule has 0 bridgehead atoms. The van der Waals surface area contributed by atoms with Gasteiger partial charge in [-0.2, -0.15) is 0 Å². The maximum atomic E-state index is 11.6. The molecule has 0 fully saturated rings. The normalized spacial score (nSPS) is 12.8. The van der Waals surface area contributed by atoms with Gasteiger partial charge in [0.25, 0.3) is 0 Å². The van der Waals surface area contributed by atoms with Gasteiger partial charge in [-0.05, 0) is 48.4 Å². The predicted molar refractivity (Wildman–Crippen MR) is 133 cm³/mol. The van der Waals surface area contributed by atoms with E-state index in [9.17, 15) is 14.8 Å². The Morgan fingerprint density at radius 2 is 1.83 bits per heavy atom. The third-order valence-corrected chi connectivity index (χ3v) is 5.72. The summed E-state index contributed by atoms with van der Waals surface area (Å²) in [5.41, 5.74) is 3.03. The minimum absolute atomic E-state index is 0.298. The molecule has 2 heterocycles. The minimum atomic E-state index is -0.970. The number of fused-ring (bicyclic) bond motifs is 1. The monoisotopic (exact) mass is 473 g/mol. The summed E-state index contributed by atoms with van der Waals surface area (Å²) in [6.07, 6.45) is 1.38. The van der Waals surface area contributed by atoms with Crippen LogP contribution in [0.15, 0.2) is 84.2 Å². The van der Waals surface area contributed by atoms with Crippen molar-refractivity contribution in [2.45, 2.75) is 32.0 Å². The molecule has 0 spiro atoms. The molecule has 8 heteroatoms. The molecule has 35 heavy (non-hydrogen) atoms. The maximum Gasteiger partial charge on any atom is 0.333 e. The predicted octanol–water partition coefficient (Wildman–Crippen LogP) is 5.00. The molecule has 0 aliphatic carbocycles. The van der Waals surface area contributed by atoms with Crippen molar-refractivity contribution in [3.63, 3.8) is 0 Å². The molecule has 0 saturated heterocycles. The van der Waals surface area contributed by atoms with Crippen LogP contribution in [0.2, 0.25) is 0 Å². The van der Waals surface area contributed by atoms with E-state index in [-0.39, 0.29) is 0 Å². The van der Waals surface area contributed by atoms with Crippen LogP contribution in [-0.2, 0) is 22.5 Å². The summed E-state index contributed by atoms with van der Waals surface area (Å²) in [6.45, 7) is 3.11. The fourth-order valence-corrected chi connectivity index (χ4v) is 3.94. The van der Waals surface area contributed by atoms with Gasteiger partial charge in [0, 0.05) is 24.6 Å². The van der Waals surface area contributed by atoms with E-state index >= 15 is 0 Å². The Bertz CT molecular complexity index is 1270. The van der Waals surface area contributed by atoms with E-state index < -0.39 is 18.1 Å². The SMILES string of the molecule is CCOC(Cc1ccc(OCCn2ccc3ccc(C(N=O)c4ccccc4)nc32)cc1)C(=O)O. The third kappa shape index (κ3) is 5.91. The first-order valence-electron chi connectivity index (χ1n) is 11.5. The molecule has 1 N–H and O–H groups in total. The zero-order valence-electron chi connectivity index (χ0n) is 19.4. The first-order valence-corrected chi connectivity index (χ1v) is 11.5. The van der Waals surface area contributed by atoms with E-state index in [0.29, 0.717) is 37.6 Å². The number of pyridine rings is 1. The van der Waals surface area contributed by atoms with E-state index in [1.807, 2.05) is 83.6 Å². The van der Waals surface area contributed by atoms with E-state index in [0.717, 1.165) is 22.2 Å². The number of aromatic nitrogens is 2. The highest BCUT2D eigenvalue weighted by atomic mass is 16.5. The first-order chi connectivity index (χ1) is 17.1. The Morgan fingerprint density at radius 3 is 2.51 bits per heavy atom. The zero-order valence-corrected chi connectivity index (χ0v) is 19.4. The number of nitrogens with zero attached hydrogens (tertiary/aromatic N) is 3. The van der Waals surface area contributed by atoms with Gasteiger partial charge in [0.05, 0.1) is 12.2 Å². The molecule has 2 aromatic heterocycles. The van der Waals surface area contributed by atoms with Crippen molar-refractivity contribution in [3.05, 3.63) is 101 Å². The molecule has 0 aliphatic heterocycles. The molecule has 2 unspecified atom stereocenters. The van der Waals surface area contributed by atoms with Crippen LogP contribution in [0.25, 0.3) is 11.0 Å². The van der Waals surface area contributed by atoms with Crippen LogP contribution in [0.4, 0.5) is 0 Å². The summed E-state index contributed by atoms with van der Waals surface area (Å²) < 4.78 is 13.1. The van der Waals surface area contributed by atoms with Crippen LogP contribution < -0.4 is 4.74 Å². The lowest BCUT2D eigenvalue weighted by molar-refractivity contribution is -0.149. The van der Waals surface area contributed by atoms with Crippen molar-refractivity contribution < 1.29 is 19.4 Å². The van der Waals surface area contributed by atoms with Gasteiger partial charge in [-0.1, -0.05) is 47.6 Å². The largest absolute Gasteiger partial charge is 0.492 e. The molecule has 180 valence electrons. The summed E-state index contributed by atoms with van der Waals surface area (Å²) in [5, 5.41) is 13.5. The second-order valence-corrected chi connectivity index (χ2v) is 8.06. The molecule has 8 nitrogen and oxygen atoms in total. The number of carbonyl (C=O) groups is 1. The summed E-state index contributed by atoms with van der Waals surface area (Å²) in [5.74, 6) is -0.279. The van der Waals surface area contributed by atoms with E-state index in [1.54, 1.807) is 6.92 Å². The summed E-state index contributed by atoms with van der Waals surface area (Å²) in [7, 11) is 0. The number of carboxylic acid groups (broad SMARTS) is 1. The number of aliphatic carboxylic acids is 1. The molecule has 4 rings (SSSR count). The Morgan fingerprint density at radius 1 is 1.06 bits per heavy atom. The zero-order chi connectivity index (χ0) is 24.6. The Kier molecular flexibility index (Phi) is 7.84. The van der Waals surface area contributed by atoms with Gasteiger partial charge in [-0.25, -0.2) is 9.78 Å². The van der Waals surface area contributed by atoms with Gasteiger partial charge in [0.1, 0.15) is 18.0 Å². The Balaban J connectivity index is 1.40. The van der Waals surface area contributed by atoms with Gasteiger partial charge < -0.3 is 19.1 Å². The van der Waals surface area contributed by atoms with Gasteiger partial charge in [-0.3, -0.25) is 0 Å². The average Bonchev–Trinajstić information content (AvgIpc) is 3.28. The molecule has 2 aromatic carbocycles. The Hall–Kier alpha value is -4.04.